The molecule has 1 amide bonds. The summed E-state index contributed by atoms with van der Waals surface area (Å²) in [5.41, 5.74) is 5.06. The second-order valence-electron chi connectivity index (χ2n) is 6.30. The zero-order valence-electron chi connectivity index (χ0n) is 15.5. The Morgan fingerprint density at radius 2 is 1.86 bits per heavy atom. The quantitative estimate of drug-likeness (QED) is 0.359. The Morgan fingerprint density at radius 1 is 1.17 bits per heavy atom. The van der Waals surface area contributed by atoms with Gasteiger partial charge >= 0.3 is 0 Å². The maximum Gasteiger partial charge on any atom is 0.271 e. The van der Waals surface area contributed by atoms with E-state index in [1.165, 1.54) is 6.07 Å². The number of carbonyl (C=O) groups is 1. The lowest BCUT2D eigenvalue weighted by Gasteiger charge is -2.11. The third kappa shape index (κ3) is 4.35. The summed E-state index contributed by atoms with van der Waals surface area (Å²) in [4.78, 5) is 22.6. The molecule has 0 saturated heterocycles. The van der Waals surface area contributed by atoms with Crippen molar-refractivity contribution in [1.82, 2.24) is 9.99 Å². The fourth-order valence-electron chi connectivity index (χ4n) is 2.92. The number of aryl methyl sites for hydroxylation is 2. The number of aromatic nitrogens is 1. The number of nitrogens with one attached hydrogen (secondary N) is 1. The first kappa shape index (κ1) is 20.3. The van der Waals surface area contributed by atoms with E-state index < -0.39 is 22.3 Å². The Bertz CT molecular complexity index is 1120. The third-order valence-corrected chi connectivity index (χ3v) is 4.72. The summed E-state index contributed by atoms with van der Waals surface area (Å²) in [7, 11) is 0. The first-order chi connectivity index (χ1) is 13.8. The lowest BCUT2D eigenvalue weighted by atomic mass is 10.2. The van der Waals surface area contributed by atoms with Crippen molar-refractivity contribution in [2.75, 3.05) is 0 Å². The molecule has 0 aliphatic heterocycles. The van der Waals surface area contributed by atoms with Gasteiger partial charge in [-0.05, 0) is 61.6 Å². The number of nitro benzene ring substituents is 1. The summed E-state index contributed by atoms with van der Waals surface area (Å²) in [6.45, 7) is 3.95. The number of amides is 1. The molecule has 0 atom stereocenters. The van der Waals surface area contributed by atoms with E-state index in [1.807, 2.05) is 36.6 Å². The van der Waals surface area contributed by atoms with E-state index in [2.05, 4.69) is 26.5 Å². The second-order valence-corrected chi connectivity index (χ2v) is 7.22. The molecule has 9 heteroatoms. The fraction of sp³-hybridized carbons (Fsp3) is 0.100. The Morgan fingerprint density at radius 3 is 2.52 bits per heavy atom. The van der Waals surface area contributed by atoms with Crippen LogP contribution in [0.5, 0.6) is 5.75 Å². The number of halogens is 1. The second kappa shape index (κ2) is 8.27. The predicted octanol–water partition coefficient (Wildman–Crippen LogP) is 3.60. The first-order valence-electron chi connectivity index (χ1n) is 8.51. The highest BCUT2D eigenvalue weighted by Gasteiger charge is 2.12. The number of nitro groups is 1. The molecule has 8 nitrogen and oxygen atoms in total. The van der Waals surface area contributed by atoms with Crippen molar-refractivity contribution in [3.63, 3.8) is 0 Å². The minimum absolute atomic E-state index is 0.0151. The molecule has 1 heterocycles. The van der Waals surface area contributed by atoms with E-state index in [0.29, 0.717) is 10.0 Å². The van der Waals surface area contributed by atoms with Crippen LogP contribution < -0.4 is 10.5 Å². The van der Waals surface area contributed by atoms with Gasteiger partial charge in [0.15, 0.2) is 0 Å². The van der Waals surface area contributed by atoms with Crippen LogP contribution in [0.4, 0.5) is 5.69 Å². The molecule has 148 valence electrons. The fourth-order valence-corrected chi connectivity index (χ4v) is 3.38. The monoisotopic (exact) mass is 455 g/mol. The number of hydrogen-bond donors (Lipinski definition) is 1. The highest BCUT2D eigenvalue weighted by Crippen LogP contribution is 2.30. The minimum Gasteiger partial charge on any atom is -0.867 e. The number of carbonyl (C=O) groups excluding carboxylic acids is 1. The van der Waals surface area contributed by atoms with Crippen LogP contribution in [-0.2, 0) is 0 Å². The molecule has 29 heavy (non-hydrogen) atoms. The number of hydrogen-bond acceptors (Lipinski definition) is 5. The molecule has 0 aliphatic rings. The maximum absolute atomic E-state index is 12.4. The molecule has 1 aromatic heterocycles. The van der Waals surface area contributed by atoms with Crippen LogP contribution >= 0.6 is 15.9 Å². The number of rotatable bonds is 5. The first-order valence-corrected chi connectivity index (χ1v) is 9.31. The molecule has 1 N–H and O–H groups in total. The summed E-state index contributed by atoms with van der Waals surface area (Å²) in [6.07, 6.45) is 1.09. The van der Waals surface area contributed by atoms with Gasteiger partial charge in [-0.2, -0.15) is 5.10 Å². The van der Waals surface area contributed by atoms with Crippen molar-refractivity contribution in [2.24, 2.45) is 5.10 Å². The van der Waals surface area contributed by atoms with Crippen LogP contribution in [0.3, 0.4) is 0 Å². The Labute approximate surface area is 174 Å². The minimum atomic E-state index is -0.781. The highest BCUT2D eigenvalue weighted by molar-refractivity contribution is 9.10. The summed E-state index contributed by atoms with van der Waals surface area (Å²) < 4.78 is 2.38. The molecule has 0 spiro atoms. The molecule has 0 radical (unpaired) electrons. The Kier molecular flexibility index (Phi) is 5.79. The number of benzene rings is 2. The van der Waals surface area contributed by atoms with Crippen LogP contribution in [-0.4, -0.2) is 21.6 Å². The van der Waals surface area contributed by atoms with Crippen molar-refractivity contribution >= 4 is 33.7 Å². The van der Waals surface area contributed by atoms with Crippen LogP contribution in [0.2, 0.25) is 0 Å². The predicted molar refractivity (Wildman–Crippen MR) is 111 cm³/mol. The molecule has 0 unspecified atom stereocenters. The summed E-state index contributed by atoms with van der Waals surface area (Å²) in [5.74, 6) is -1.25. The van der Waals surface area contributed by atoms with Gasteiger partial charge in [0.1, 0.15) is 0 Å². The van der Waals surface area contributed by atoms with Gasteiger partial charge in [0.2, 0.25) is 0 Å². The molecule has 0 fully saturated rings. The Hall–Kier alpha value is -3.46. The lowest BCUT2D eigenvalue weighted by Crippen LogP contribution is -2.18. The van der Waals surface area contributed by atoms with Gasteiger partial charge in [-0.3, -0.25) is 14.9 Å². The van der Waals surface area contributed by atoms with Gasteiger partial charge in [0.25, 0.3) is 11.6 Å². The molecular formula is C20H16BrN4O4-. The molecule has 0 bridgehead atoms. The highest BCUT2D eigenvalue weighted by atomic mass is 79.9. The summed E-state index contributed by atoms with van der Waals surface area (Å²) >= 11 is 3.12. The van der Waals surface area contributed by atoms with Crippen LogP contribution in [0.15, 0.2) is 58.1 Å². The molecule has 0 aliphatic carbocycles. The van der Waals surface area contributed by atoms with E-state index >= 15 is 0 Å². The Balaban J connectivity index is 1.80. The van der Waals surface area contributed by atoms with E-state index in [0.717, 1.165) is 29.4 Å². The van der Waals surface area contributed by atoms with Crippen molar-refractivity contribution in [2.45, 2.75) is 13.8 Å². The van der Waals surface area contributed by atoms with Gasteiger partial charge in [0.05, 0.1) is 11.1 Å². The van der Waals surface area contributed by atoms with Gasteiger partial charge < -0.3 is 9.67 Å². The molecular weight excluding hydrogens is 440 g/mol. The van der Waals surface area contributed by atoms with E-state index in [9.17, 15) is 20.0 Å². The van der Waals surface area contributed by atoms with Crippen LogP contribution in [0, 0.1) is 24.0 Å². The SMILES string of the molecule is Cc1ccc(C)n1-c1cccc(C(=O)NN=Cc2cc(Br)cc([N+](=O)[O-])c2[O-])c1. The van der Waals surface area contributed by atoms with Crippen molar-refractivity contribution in [3.8, 4) is 11.4 Å². The van der Waals surface area contributed by atoms with Crippen LogP contribution in [0.1, 0.15) is 27.3 Å². The normalized spacial score (nSPS) is 11.0. The van der Waals surface area contributed by atoms with E-state index in [1.54, 1.807) is 18.2 Å². The largest absolute Gasteiger partial charge is 0.867 e. The average molecular weight is 456 g/mol. The topological polar surface area (TPSA) is 113 Å². The van der Waals surface area contributed by atoms with Crippen molar-refractivity contribution < 1.29 is 14.8 Å². The third-order valence-electron chi connectivity index (χ3n) is 4.27. The van der Waals surface area contributed by atoms with Crippen LogP contribution in [0.25, 0.3) is 5.69 Å². The summed E-state index contributed by atoms with van der Waals surface area (Å²) in [5, 5.41) is 26.8. The van der Waals surface area contributed by atoms with Gasteiger partial charge in [-0.1, -0.05) is 22.0 Å². The standard InChI is InChI=1S/C20H17BrN4O4/c1-12-6-7-13(2)24(12)17-5-3-4-14(9-17)20(27)23-22-11-15-8-16(21)10-18(19(15)26)25(28)29/h3-11,26H,1-2H3,(H,23,27)/p-1. The van der Waals surface area contributed by atoms with Crippen molar-refractivity contribution in [1.29, 1.82) is 0 Å². The zero-order chi connectivity index (χ0) is 21.1. The summed E-state index contributed by atoms with van der Waals surface area (Å²) in [6, 6.07) is 13.5. The van der Waals surface area contributed by atoms with Gasteiger partial charge in [-0.15, -0.1) is 0 Å². The van der Waals surface area contributed by atoms with Crippen molar-refractivity contribution in [3.05, 3.63) is 85.6 Å². The van der Waals surface area contributed by atoms with Gasteiger partial charge in [-0.25, -0.2) is 5.43 Å². The smallest absolute Gasteiger partial charge is 0.271 e. The van der Waals surface area contributed by atoms with Gasteiger partial charge in [0, 0.05) is 33.2 Å². The zero-order valence-corrected chi connectivity index (χ0v) is 17.1. The maximum atomic E-state index is 12.4. The lowest BCUT2D eigenvalue weighted by molar-refractivity contribution is -0.398. The number of hydrazone groups is 1. The molecule has 0 saturated carbocycles. The molecule has 3 rings (SSSR count). The number of nitrogens with zero attached hydrogens (tertiary/aromatic N) is 3. The van der Waals surface area contributed by atoms with E-state index in [-0.39, 0.29) is 5.56 Å². The molecule has 3 aromatic rings. The molecule has 2 aromatic carbocycles. The van der Waals surface area contributed by atoms with E-state index in [4.69, 9.17) is 0 Å². The average Bonchev–Trinajstić information content (AvgIpc) is 3.02.